The molecule has 4 rings (SSSR count). The van der Waals surface area contributed by atoms with E-state index in [1.54, 1.807) is 13.1 Å². The average molecular weight is 352 g/mol. The molecule has 1 aromatic carbocycles. The Morgan fingerprint density at radius 1 is 1.35 bits per heavy atom. The van der Waals surface area contributed by atoms with Crippen molar-refractivity contribution in [1.82, 2.24) is 15.1 Å². The van der Waals surface area contributed by atoms with Crippen molar-refractivity contribution >= 4 is 22.6 Å². The Morgan fingerprint density at radius 2 is 2.15 bits per heavy atom. The predicted molar refractivity (Wildman–Crippen MR) is 96.5 cm³/mol. The molecule has 0 aliphatic heterocycles. The van der Waals surface area contributed by atoms with E-state index in [9.17, 15) is 4.79 Å². The number of benzene rings is 1. The maximum Gasteiger partial charge on any atom is 0.311 e. The molecular formula is C19H20N4O3. The molecule has 0 bridgehead atoms. The molecule has 1 aliphatic carbocycles. The van der Waals surface area contributed by atoms with E-state index < -0.39 is 5.41 Å². The van der Waals surface area contributed by atoms with Crippen LogP contribution in [0.15, 0.2) is 35.0 Å². The number of hydrogen-bond donors (Lipinski definition) is 1. The van der Waals surface area contributed by atoms with Gasteiger partial charge in [-0.2, -0.15) is 4.98 Å². The van der Waals surface area contributed by atoms with E-state index in [0.29, 0.717) is 11.7 Å². The largest absolute Gasteiger partial charge is 0.469 e. The predicted octanol–water partition coefficient (Wildman–Crippen LogP) is 3.35. The first-order chi connectivity index (χ1) is 12.5. The highest BCUT2D eigenvalue weighted by Crippen LogP contribution is 2.43. The van der Waals surface area contributed by atoms with Gasteiger partial charge in [0.15, 0.2) is 0 Å². The van der Waals surface area contributed by atoms with Crippen LogP contribution >= 0.6 is 0 Å². The van der Waals surface area contributed by atoms with Gasteiger partial charge in [0.25, 0.3) is 0 Å². The molecule has 7 nitrogen and oxygen atoms in total. The molecule has 0 unspecified atom stereocenters. The summed E-state index contributed by atoms with van der Waals surface area (Å²) in [6.07, 6.45) is 3.23. The third-order valence-electron chi connectivity index (χ3n) is 4.96. The zero-order chi connectivity index (χ0) is 18.3. The molecule has 1 saturated carbocycles. The van der Waals surface area contributed by atoms with Crippen molar-refractivity contribution in [3.63, 3.8) is 0 Å². The highest BCUT2D eigenvalue weighted by Gasteiger charge is 2.47. The van der Waals surface area contributed by atoms with Gasteiger partial charge in [0.05, 0.1) is 12.5 Å². The van der Waals surface area contributed by atoms with Gasteiger partial charge < -0.3 is 14.6 Å². The first kappa shape index (κ1) is 16.5. The number of carbonyl (C=O) groups is 1. The van der Waals surface area contributed by atoms with Gasteiger partial charge in [-0.05, 0) is 37.3 Å². The summed E-state index contributed by atoms with van der Waals surface area (Å²) in [4.78, 5) is 20.6. The second kappa shape index (κ2) is 6.09. The van der Waals surface area contributed by atoms with E-state index in [0.717, 1.165) is 35.0 Å². The Balaban J connectivity index is 1.61. The fourth-order valence-electron chi connectivity index (χ4n) is 3.58. The Kier molecular flexibility index (Phi) is 3.86. The molecule has 2 heterocycles. The molecule has 0 saturated heterocycles. The number of carbonyl (C=O) groups excluding carboxylic acids is 1. The van der Waals surface area contributed by atoms with Gasteiger partial charge >= 0.3 is 5.97 Å². The van der Waals surface area contributed by atoms with Crippen molar-refractivity contribution < 1.29 is 14.1 Å². The number of ether oxygens (including phenoxy) is 1. The van der Waals surface area contributed by atoms with Gasteiger partial charge in [-0.25, -0.2) is 4.98 Å². The molecule has 3 aromatic rings. The monoisotopic (exact) mass is 352 g/mol. The van der Waals surface area contributed by atoms with Gasteiger partial charge in [-0.3, -0.25) is 4.79 Å². The van der Waals surface area contributed by atoms with Crippen molar-refractivity contribution in [2.45, 2.75) is 32.7 Å². The number of rotatable bonds is 4. The van der Waals surface area contributed by atoms with Crippen LogP contribution in [-0.2, 0) is 9.53 Å². The van der Waals surface area contributed by atoms with E-state index in [1.165, 1.54) is 7.11 Å². The number of esters is 1. The van der Waals surface area contributed by atoms with E-state index in [1.807, 2.05) is 31.2 Å². The lowest BCUT2D eigenvalue weighted by atomic mass is 9.67. The number of anilines is 1. The van der Waals surface area contributed by atoms with Gasteiger partial charge in [0.2, 0.25) is 11.7 Å². The van der Waals surface area contributed by atoms with Crippen LogP contribution in [0.5, 0.6) is 0 Å². The normalized spacial score (nSPS) is 22.0. The lowest BCUT2D eigenvalue weighted by molar-refractivity contribution is -0.157. The van der Waals surface area contributed by atoms with Crippen LogP contribution in [0, 0.1) is 12.3 Å². The Hall–Kier alpha value is -2.96. The molecular weight excluding hydrogens is 332 g/mol. The lowest BCUT2D eigenvalue weighted by Gasteiger charge is -2.43. The smallest absolute Gasteiger partial charge is 0.311 e. The number of nitrogens with zero attached hydrogens (tertiary/aromatic N) is 3. The highest BCUT2D eigenvalue weighted by atomic mass is 16.5. The summed E-state index contributed by atoms with van der Waals surface area (Å²) in [5.74, 6) is 1.72. The van der Waals surface area contributed by atoms with Crippen LogP contribution in [0.3, 0.4) is 0 Å². The molecule has 1 N–H and O–H groups in total. The average Bonchev–Trinajstić information content (AvgIpc) is 3.05. The van der Waals surface area contributed by atoms with Crippen molar-refractivity contribution in [2.75, 3.05) is 12.4 Å². The summed E-state index contributed by atoms with van der Waals surface area (Å²) >= 11 is 0. The maximum absolute atomic E-state index is 11.8. The molecule has 1 fully saturated rings. The van der Waals surface area contributed by atoms with Crippen molar-refractivity contribution in [2.24, 2.45) is 5.41 Å². The molecule has 0 atom stereocenters. The molecule has 0 radical (unpaired) electrons. The van der Waals surface area contributed by atoms with Gasteiger partial charge in [-0.15, -0.1) is 0 Å². The fraction of sp³-hybridized carbons (Fsp3) is 0.368. The first-order valence-corrected chi connectivity index (χ1v) is 8.53. The molecule has 7 heteroatoms. The molecule has 26 heavy (non-hydrogen) atoms. The van der Waals surface area contributed by atoms with Gasteiger partial charge in [0.1, 0.15) is 5.82 Å². The maximum atomic E-state index is 11.8. The summed E-state index contributed by atoms with van der Waals surface area (Å²) in [6, 6.07) is 8.14. The van der Waals surface area contributed by atoms with Gasteiger partial charge in [-0.1, -0.05) is 17.3 Å². The van der Waals surface area contributed by atoms with Crippen molar-refractivity contribution in [3.05, 3.63) is 36.4 Å². The summed E-state index contributed by atoms with van der Waals surface area (Å²) in [6.45, 7) is 3.70. The highest BCUT2D eigenvalue weighted by molar-refractivity contribution is 5.94. The standard InChI is InChI=1S/C19H20N4O3/c1-11-21-16(23-26-11)13-5-4-12-6-7-20-17(15(12)8-13)22-14-9-19(2,10-14)18(24)25-3/h4-8,14H,9-10H2,1-3H3,(H,20,22). The molecule has 0 spiro atoms. The number of hydrogen-bond acceptors (Lipinski definition) is 7. The second-order valence-electron chi connectivity index (χ2n) is 7.03. The van der Waals surface area contributed by atoms with E-state index in [2.05, 4.69) is 20.4 Å². The second-order valence-corrected chi connectivity index (χ2v) is 7.03. The van der Waals surface area contributed by atoms with Crippen molar-refractivity contribution in [1.29, 1.82) is 0 Å². The molecule has 2 aromatic heterocycles. The van der Waals surface area contributed by atoms with E-state index >= 15 is 0 Å². The third kappa shape index (κ3) is 2.79. The number of methoxy groups -OCH3 is 1. The number of nitrogens with one attached hydrogen (secondary N) is 1. The summed E-state index contributed by atoms with van der Waals surface area (Å²) in [7, 11) is 1.43. The third-order valence-corrected chi connectivity index (χ3v) is 4.96. The number of fused-ring (bicyclic) bond motifs is 1. The summed E-state index contributed by atoms with van der Waals surface area (Å²) < 4.78 is 9.96. The molecule has 0 amide bonds. The Labute approximate surface area is 150 Å². The van der Waals surface area contributed by atoms with Gasteiger partial charge in [0, 0.05) is 30.1 Å². The molecule has 1 aliphatic rings. The summed E-state index contributed by atoms with van der Waals surface area (Å²) in [5, 5.41) is 9.49. The van der Waals surface area contributed by atoms with E-state index in [4.69, 9.17) is 9.26 Å². The SMILES string of the molecule is COC(=O)C1(C)CC(Nc2nccc3ccc(-c4noc(C)n4)cc23)C1. The van der Waals surface area contributed by atoms with Crippen LogP contribution in [0.25, 0.3) is 22.2 Å². The minimum Gasteiger partial charge on any atom is -0.469 e. The van der Waals surface area contributed by atoms with Crippen LogP contribution < -0.4 is 5.32 Å². The van der Waals surface area contributed by atoms with E-state index in [-0.39, 0.29) is 12.0 Å². The summed E-state index contributed by atoms with van der Waals surface area (Å²) in [5.41, 5.74) is 0.461. The molecule has 134 valence electrons. The Morgan fingerprint density at radius 3 is 2.85 bits per heavy atom. The van der Waals surface area contributed by atoms with Crippen LogP contribution in [0.1, 0.15) is 25.7 Å². The van der Waals surface area contributed by atoms with Crippen LogP contribution in [0.4, 0.5) is 5.82 Å². The van der Waals surface area contributed by atoms with Crippen molar-refractivity contribution in [3.8, 4) is 11.4 Å². The minimum atomic E-state index is -0.412. The van der Waals surface area contributed by atoms with Crippen LogP contribution in [0.2, 0.25) is 0 Å². The quantitative estimate of drug-likeness (QED) is 0.720. The fourth-order valence-corrected chi connectivity index (χ4v) is 3.58. The minimum absolute atomic E-state index is 0.156. The lowest BCUT2D eigenvalue weighted by Crippen LogP contribution is -2.48. The Bertz CT molecular complexity index is 976. The number of aryl methyl sites for hydroxylation is 1. The number of pyridine rings is 1. The zero-order valence-electron chi connectivity index (χ0n) is 14.9. The first-order valence-electron chi connectivity index (χ1n) is 8.53. The zero-order valence-corrected chi connectivity index (χ0v) is 14.9. The number of aromatic nitrogens is 3. The topological polar surface area (TPSA) is 90.1 Å². The van der Waals surface area contributed by atoms with Crippen LogP contribution in [-0.4, -0.2) is 34.2 Å².